The molecule has 0 aliphatic carbocycles. The van der Waals surface area contributed by atoms with E-state index in [1.807, 2.05) is 5.32 Å². The molecule has 26 heavy (non-hydrogen) atoms. The van der Waals surface area contributed by atoms with Crippen LogP contribution >= 0.6 is 0 Å². The standard InChI is InChI=1S/C17H21N3O6/c1-25-10-8-18-17(24)19-14(21)11-26-16(23)12-4-6-13(7-5-12)20-9-2-3-15(20)22/h4-7H,2-3,8-11H2,1H3,(H2,18,19,21,24). The van der Waals surface area contributed by atoms with Gasteiger partial charge in [0.25, 0.3) is 5.91 Å². The van der Waals surface area contributed by atoms with Crippen molar-refractivity contribution in [2.45, 2.75) is 12.8 Å². The van der Waals surface area contributed by atoms with Gasteiger partial charge in [0.05, 0.1) is 12.2 Å². The predicted molar refractivity (Wildman–Crippen MR) is 91.7 cm³/mol. The Labute approximate surface area is 150 Å². The summed E-state index contributed by atoms with van der Waals surface area (Å²) in [6.45, 7) is 0.648. The second kappa shape index (κ2) is 9.52. The SMILES string of the molecule is COCCNC(=O)NC(=O)COC(=O)c1ccc(N2CCCC2=O)cc1. The number of imide groups is 1. The molecule has 0 aromatic heterocycles. The maximum atomic E-state index is 11.9. The number of nitrogens with one attached hydrogen (secondary N) is 2. The molecule has 0 bridgehead atoms. The number of anilines is 1. The van der Waals surface area contributed by atoms with Gasteiger partial charge in [-0.1, -0.05) is 0 Å². The second-order valence-electron chi connectivity index (χ2n) is 5.57. The Morgan fingerprint density at radius 2 is 1.92 bits per heavy atom. The van der Waals surface area contributed by atoms with Crippen LogP contribution in [0.15, 0.2) is 24.3 Å². The molecule has 1 fully saturated rings. The highest BCUT2D eigenvalue weighted by molar-refractivity contribution is 5.98. The summed E-state index contributed by atoms with van der Waals surface area (Å²) >= 11 is 0. The first-order chi connectivity index (χ1) is 12.5. The van der Waals surface area contributed by atoms with E-state index in [9.17, 15) is 19.2 Å². The van der Waals surface area contributed by atoms with Crippen molar-refractivity contribution in [1.29, 1.82) is 0 Å². The van der Waals surface area contributed by atoms with Gasteiger partial charge in [-0.25, -0.2) is 9.59 Å². The monoisotopic (exact) mass is 363 g/mol. The molecular formula is C17H21N3O6. The number of esters is 1. The molecule has 9 heteroatoms. The molecule has 1 aliphatic rings. The smallest absolute Gasteiger partial charge is 0.338 e. The number of ether oxygens (including phenoxy) is 2. The molecule has 0 radical (unpaired) electrons. The highest BCUT2D eigenvalue weighted by Crippen LogP contribution is 2.21. The number of amides is 4. The van der Waals surface area contributed by atoms with Crippen molar-refractivity contribution in [1.82, 2.24) is 10.6 Å². The number of benzene rings is 1. The van der Waals surface area contributed by atoms with Crippen LogP contribution in [-0.2, 0) is 19.1 Å². The zero-order valence-corrected chi connectivity index (χ0v) is 14.4. The Morgan fingerprint density at radius 1 is 1.19 bits per heavy atom. The average Bonchev–Trinajstić information content (AvgIpc) is 3.06. The zero-order valence-electron chi connectivity index (χ0n) is 14.4. The maximum absolute atomic E-state index is 11.9. The Kier molecular flexibility index (Phi) is 7.10. The fourth-order valence-corrected chi connectivity index (χ4v) is 2.39. The molecule has 1 aliphatic heterocycles. The van der Waals surface area contributed by atoms with Gasteiger partial charge in [-0.2, -0.15) is 0 Å². The minimum Gasteiger partial charge on any atom is -0.452 e. The molecule has 0 saturated carbocycles. The van der Waals surface area contributed by atoms with Crippen LogP contribution in [0.3, 0.4) is 0 Å². The number of hydrogen-bond acceptors (Lipinski definition) is 6. The third kappa shape index (κ3) is 5.55. The van der Waals surface area contributed by atoms with Crippen LogP contribution in [0.25, 0.3) is 0 Å². The molecule has 2 rings (SSSR count). The number of methoxy groups -OCH3 is 1. The predicted octanol–water partition coefficient (Wildman–Crippen LogP) is 0.442. The second-order valence-corrected chi connectivity index (χ2v) is 5.57. The minimum atomic E-state index is -0.743. The van der Waals surface area contributed by atoms with Crippen molar-refractivity contribution in [3.63, 3.8) is 0 Å². The van der Waals surface area contributed by atoms with Gasteiger partial charge < -0.3 is 19.7 Å². The van der Waals surface area contributed by atoms with Crippen molar-refractivity contribution in [3.8, 4) is 0 Å². The Bertz CT molecular complexity index is 674. The summed E-state index contributed by atoms with van der Waals surface area (Å²) in [5.74, 6) is -1.38. The van der Waals surface area contributed by atoms with Crippen LogP contribution in [0.5, 0.6) is 0 Å². The van der Waals surface area contributed by atoms with Gasteiger partial charge in [-0.15, -0.1) is 0 Å². The number of hydrogen-bond donors (Lipinski definition) is 2. The van der Waals surface area contributed by atoms with Gasteiger partial charge in [-0.3, -0.25) is 14.9 Å². The van der Waals surface area contributed by atoms with E-state index in [-0.39, 0.29) is 18.0 Å². The highest BCUT2D eigenvalue weighted by atomic mass is 16.5. The number of nitrogens with zero attached hydrogens (tertiary/aromatic N) is 1. The zero-order chi connectivity index (χ0) is 18.9. The Hall–Kier alpha value is -2.94. The maximum Gasteiger partial charge on any atom is 0.338 e. The van der Waals surface area contributed by atoms with Crippen molar-refractivity contribution in [3.05, 3.63) is 29.8 Å². The third-order valence-corrected chi connectivity index (χ3v) is 3.67. The summed E-state index contributed by atoms with van der Waals surface area (Å²) in [6.07, 6.45) is 1.34. The van der Waals surface area contributed by atoms with E-state index in [4.69, 9.17) is 9.47 Å². The largest absolute Gasteiger partial charge is 0.452 e. The fourth-order valence-electron chi connectivity index (χ4n) is 2.39. The van der Waals surface area contributed by atoms with E-state index in [0.717, 1.165) is 12.1 Å². The van der Waals surface area contributed by atoms with Gasteiger partial charge in [0.15, 0.2) is 6.61 Å². The van der Waals surface area contributed by atoms with Crippen LogP contribution in [0.4, 0.5) is 10.5 Å². The van der Waals surface area contributed by atoms with Crippen molar-refractivity contribution in [2.24, 2.45) is 0 Å². The molecule has 4 amide bonds. The van der Waals surface area contributed by atoms with E-state index >= 15 is 0 Å². The lowest BCUT2D eigenvalue weighted by atomic mass is 10.2. The molecule has 9 nitrogen and oxygen atoms in total. The van der Waals surface area contributed by atoms with Gasteiger partial charge in [0, 0.05) is 32.3 Å². The summed E-state index contributed by atoms with van der Waals surface area (Å²) in [6, 6.07) is 5.67. The first-order valence-electron chi connectivity index (χ1n) is 8.15. The van der Waals surface area contributed by atoms with Crippen molar-refractivity contribution in [2.75, 3.05) is 38.3 Å². The van der Waals surface area contributed by atoms with E-state index in [1.54, 1.807) is 17.0 Å². The quantitative estimate of drug-likeness (QED) is 0.537. The summed E-state index contributed by atoms with van der Waals surface area (Å²) in [5.41, 5.74) is 0.965. The first-order valence-corrected chi connectivity index (χ1v) is 8.15. The Balaban J connectivity index is 1.77. The molecule has 1 heterocycles. The normalized spacial score (nSPS) is 13.4. The summed E-state index contributed by atoms with van der Waals surface area (Å²) in [5, 5.41) is 4.43. The van der Waals surface area contributed by atoms with Crippen molar-refractivity contribution >= 4 is 29.5 Å². The summed E-state index contributed by atoms with van der Waals surface area (Å²) < 4.78 is 9.62. The van der Waals surface area contributed by atoms with Gasteiger partial charge in [0.1, 0.15) is 0 Å². The third-order valence-electron chi connectivity index (χ3n) is 3.67. The Morgan fingerprint density at radius 3 is 2.54 bits per heavy atom. The van der Waals surface area contributed by atoms with E-state index in [2.05, 4.69) is 5.32 Å². The van der Waals surface area contributed by atoms with Gasteiger partial charge >= 0.3 is 12.0 Å². The van der Waals surface area contributed by atoms with Crippen LogP contribution in [0, 0.1) is 0 Å². The van der Waals surface area contributed by atoms with Gasteiger partial charge in [0.2, 0.25) is 5.91 Å². The van der Waals surface area contributed by atoms with E-state index in [0.29, 0.717) is 19.6 Å². The topological polar surface area (TPSA) is 114 Å². The summed E-state index contributed by atoms with van der Waals surface area (Å²) in [7, 11) is 1.49. The molecule has 1 aromatic carbocycles. The van der Waals surface area contributed by atoms with Gasteiger partial charge in [-0.05, 0) is 30.7 Å². The molecular weight excluding hydrogens is 342 g/mol. The average molecular weight is 363 g/mol. The first kappa shape index (κ1) is 19.4. The molecule has 1 aromatic rings. The number of carbonyl (C=O) groups excluding carboxylic acids is 4. The lowest BCUT2D eigenvalue weighted by Gasteiger charge is -2.15. The molecule has 0 unspecified atom stereocenters. The van der Waals surface area contributed by atoms with Crippen LogP contribution in [-0.4, -0.2) is 57.2 Å². The van der Waals surface area contributed by atoms with Crippen LogP contribution < -0.4 is 15.5 Å². The fraction of sp³-hybridized carbons (Fsp3) is 0.412. The van der Waals surface area contributed by atoms with Crippen LogP contribution in [0.1, 0.15) is 23.2 Å². The highest BCUT2D eigenvalue weighted by Gasteiger charge is 2.22. The molecule has 0 spiro atoms. The molecule has 2 N–H and O–H groups in total. The van der Waals surface area contributed by atoms with Crippen LogP contribution in [0.2, 0.25) is 0 Å². The lowest BCUT2D eigenvalue weighted by Crippen LogP contribution is -2.42. The molecule has 1 saturated heterocycles. The lowest BCUT2D eigenvalue weighted by molar-refractivity contribution is -0.123. The summed E-state index contributed by atoms with van der Waals surface area (Å²) in [4.78, 5) is 48.2. The molecule has 0 atom stereocenters. The number of urea groups is 1. The number of rotatable bonds is 7. The minimum absolute atomic E-state index is 0.0563. The number of carbonyl (C=O) groups is 4. The van der Waals surface area contributed by atoms with E-state index < -0.39 is 24.5 Å². The van der Waals surface area contributed by atoms with E-state index in [1.165, 1.54) is 19.2 Å². The van der Waals surface area contributed by atoms with Crippen molar-refractivity contribution < 1.29 is 28.7 Å². The molecule has 140 valence electrons.